The van der Waals surface area contributed by atoms with E-state index in [9.17, 15) is 0 Å². The Hall–Kier alpha value is -0.550. The quantitative estimate of drug-likeness (QED) is 0.660. The summed E-state index contributed by atoms with van der Waals surface area (Å²) in [6, 6.07) is 2.32. The molecule has 0 spiro atoms. The van der Waals surface area contributed by atoms with E-state index in [0.29, 0.717) is 0 Å². The second-order valence-corrected chi connectivity index (χ2v) is 4.38. The van der Waals surface area contributed by atoms with Crippen molar-refractivity contribution in [2.24, 2.45) is 11.8 Å². The number of nitrogens with one attached hydrogen (secondary N) is 1. The van der Waals surface area contributed by atoms with Crippen LogP contribution in [0.5, 0.6) is 0 Å². The molecule has 0 aromatic heterocycles. The third-order valence-corrected chi connectivity index (χ3v) is 3.27. The summed E-state index contributed by atoms with van der Waals surface area (Å²) in [6.45, 7) is 4.05. The normalized spacial score (nSPS) is 19.4. The molecule has 0 aliphatic heterocycles. The van der Waals surface area contributed by atoms with Gasteiger partial charge in [0.2, 0.25) is 0 Å². The summed E-state index contributed by atoms with van der Waals surface area (Å²) < 4.78 is 0. The van der Waals surface area contributed by atoms with Crippen LogP contribution in [0.1, 0.15) is 45.4 Å². The molecule has 0 saturated heterocycles. The third kappa shape index (κ3) is 4.11. The zero-order chi connectivity index (χ0) is 10.2. The largest absolute Gasteiger partial charge is 0.315 e. The average Bonchev–Trinajstić information content (AvgIpc) is 2.71. The number of hydrogen-bond donors (Lipinski definition) is 1. The Kier molecular flexibility index (Phi) is 5.63. The van der Waals surface area contributed by atoms with E-state index in [-0.39, 0.29) is 5.92 Å². The highest BCUT2D eigenvalue weighted by Crippen LogP contribution is 2.26. The van der Waals surface area contributed by atoms with E-state index in [2.05, 4.69) is 18.3 Å². The number of nitriles is 1. The van der Waals surface area contributed by atoms with Gasteiger partial charge in [-0.2, -0.15) is 5.26 Å². The number of nitrogens with zero attached hydrogens (tertiary/aromatic N) is 1. The van der Waals surface area contributed by atoms with E-state index in [4.69, 9.17) is 5.26 Å². The second-order valence-electron chi connectivity index (χ2n) is 4.38. The van der Waals surface area contributed by atoms with Crippen LogP contribution in [0.15, 0.2) is 0 Å². The molecule has 2 heteroatoms. The fourth-order valence-electron chi connectivity index (χ4n) is 2.16. The van der Waals surface area contributed by atoms with Crippen LogP contribution in [0, 0.1) is 23.2 Å². The molecule has 0 radical (unpaired) electrons. The van der Waals surface area contributed by atoms with Crippen molar-refractivity contribution >= 4 is 0 Å². The van der Waals surface area contributed by atoms with Crippen molar-refractivity contribution in [3.8, 4) is 6.07 Å². The van der Waals surface area contributed by atoms with Gasteiger partial charge in [0.05, 0.1) is 12.0 Å². The topological polar surface area (TPSA) is 35.8 Å². The number of hydrogen-bond acceptors (Lipinski definition) is 2. The lowest BCUT2D eigenvalue weighted by molar-refractivity contribution is 0.460. The molecular formula is C12H22N2. The molecule has 1 unspecified atom stereocenters. The van der Waals surface area contributed by atoms with Crippen LogP contribution in [0.25, 0.3) is 0 Å². The molecule has 0 bridgehead atoms. The first kappa shape index (κ1) is 11.5. The summed E-state index contributed by atoms with van der Waals surface area (Å²) in [4.78, 5) is 0. The molecule has 1 aliphatic rings. The van der Waals surface area contributed by atoms with E-state index in [1.165, 1.54) is 32.1 Å². The van der Waals surface area contributed by atoms with Crippen molar-refractivity contribution in [3.05, 3.63) is 0 Å². The molecule has 0 heterocycles. The molecule has 0 aromatic carbocycles. The minimum Gasteiger partial charge on any atom is -0.315 e. The minimum atomic E-state index is 0.207. The first-order valence-electron chi connectivity index (χ1n) is 5.97. The first-order valence-corrected chi connectivity index (χ1v) is 5.97. The van der Waals surface area contributed by atoms with Gasteiger partial charge in [0.15, 0.2) is 0 Å². The van der Waals surface area contributed by atoms with Crippen molar-refractivity contribution < 1.29 is 0 Å². The van der Waals surface area contributed by atoms with Crippen LogP contribution in [-0.2, 0) is 0 Å². The van der Waals surface area contributed by atoms with Gasteiger partial charge in [-0.3, -0.25) is 0 Å². The Balaban J connectivity index is 1.96. The zero-order valence-corrected chi connectivity index (χ0v) is 9.26. The molecule has 2 nitrogen and oxygen atoms in total. The summed E-state index contributed by atoms with van der Waals surface area (Å²) in [6.07, 6.45) is 7.99. The van der Waals surface area contributed by atoms with E-state index < -0.39 is 0 Å². The van der Waals surface area contributed by atoms with E-state index >= 15 is 0 Å². The zero-order valence-electron chi connectivity index (χ0n) is 9.26. The van der Waals surface area contributed by atoms with Gasteiger partial charge < -0.3 is 5.32 Å². The van der Waals surface area contributed by atoms with E-state index in [1.54, 1.807) is 0 Å². The molecule has 1 atom stereocenters. The lowest BCUT2D eigenvalue weighted by atomic mass is 10.0. The highest BCUT2D eigenvalue weighted by Gasteiger charge is 2.14. The summed E-state index contributed by atoms with van der Waals surface area (Å²) in [7, 11) is 0. The van der Waals surface area contributed by atoms with Crippen molar-refractivity contribution in [2.45, 2.75) is 45.4 Å². The van der Waals surface area contributed by atoms with Gasteiger partial charge in [-0.05, 0) is 25.3 Å². The molecule has 0 aromatic rings. The van der Waals surface area contributed by atoms with Crippen LogP contribution in [-0.4, -0.2) is 13.1 Å². The number of rotatable bonds is 6. The standard InChI is InChI=1S/C12H22N2/c1-2-11(9-13)10-14-8-7-12-5-3-4-6-12/h11-12,14H,2-8,10H2,1H3. The SMILES string of the molecule is CCC(C#N)CNCCC1CCCC1. The third-order valence-electron chi connectivity index (χ3n) is 3.27. The molecule has 1 aliphatic carbocycles. The van der Waals surface area contributed by atoms with Crippen molar-refractivity contribution in [1.29, 1.82) is 5.26 Å². The van der Waals surface area contributed by atoms with Gasteiger partial charge in [0, 0.05) is 6.54 Å². The predicted octanol–water partition coefficient (Wildman–Crippen LogP) is 2.71. The summed E-state index contributed by atoms with van der Waals surface area (Å²) in [5.74, 6) is 1.17. The van der Waals surface area contributed by atoms with Gasteiger partial charge in [0.25, 0.3) is 0 Å². The van der Waals surface area contributed by atoms with Crippen LogP contribution in [0.2, 0.25) is 0 Å². The van der Waals surface area contributed by atoms with Crippen LogP contribution in [0.4, 0.5) is 0 Å². The fraction of sp³-hybridized carbons (Fsp3) is 0.917. The molecule has 14 heavy (non-hydrogen) atoms. The lowest BCUT2D eigenvalue weighted by Crippen LogP contribution is -2.23. The van der Waals surface area contributed by atoms with Gasteiger partial charge in [-0.15, -0.1) is 0 Å². The van der Waals surface area contributed by atoms with Crippen molar-refractivity contribution in [2.75, 3.05) is 13.1 Å². The lowest BCUT2D eigenvalue weighted by Gasteiger charge is -2.11. The fourth-order valence-corrected chi connectivity index (χ4v) is 2.16. The molecule has 80 valence electrons. The minimum absolute atomic E-state index is 0.207. The molecule has 1 saturated carbocycles. The molecular weight excluding hydrogens is 172 g/mol. The van der Waals surface area contributed by atoms with Crippen LogP contribution < -0.4 is 5.32 Å². The Morgan fingerprint density at radius 1 is 1.43 bits per heavy atom. The van der Waals surface area contributed by atoms with Gasteiger partial charge in [-0.25, -0.2) is 0 Å². The Morgan fingerprint density at radius 2 is 2.14 bits per heavy atom. The van der Waals surface area contributed by atoms with Crippen LogP contribution >= 0.6 is 0 Å². The van der Waals surface area contributed by atoms with E-state index in [0.717, 1.165) is 25.4 Å². The molecule has 1 fully saturated rings. The Morgan fingerprint density at radius 3 is 2.71 bits per heavy atom. The van der Waals surface area contributed by atoms with Crippen LogP contribution in [0.3, 0.4) is 0 Å². The Labute approximate surface area is 87.7 Å². The summed E-state index contributed by atoms with van der Waals surface area (Å²) >= 11 is 0. The summed E-state index contributed by atoms with van der Waals surface area (Å²) in [5.41, 5.74) is 0. The summed E-state index contributed by atoms with van der Waals surface area (Å²) in [5, 5.41) is 12.1. The van der Waals surface area contributed by atoms with Gasteiger partial charge in [0.1, 0.15) is 0 Å². The van der Waals surface area contributed by atoms with Crippen molar-refractivity contribution in [1.82, 2.24) is 5.32 Å². The molecule has 1 rings (SSSR count). The predicted molar refractivity (Wildman–Crippen MR) is 58.8 cm³/mol. The average molecular weight is 194 g/mol. The first-order chi connectivity index (χ1) is 6.86. The van der Waals surface area contributed by atoms with Crippen molar-refractivity contribution in [3.63, 3.8) is 0 Å². The molecule has 1 N–H and O–H groups in total. The maximum Gasteiger partial charge on any atom is 0.0669 e. The molecule has 0 amide bonds. The van der Waals surface area contributed by atoms with Gasteiger partial charge in [-0.1, -0.05) is 32.6 Å². The highest BCUT2D eigenvalue weighted by atomic mass is 14.9. The second kappa shape index (κ2) is 6.84. The van der Waals surface area contributed by atoms with Gasteiger partial charge >= 0.3 is 0 Å². The smallest absolute Gasteiger partial charge is 0.0669 e. The highest BCUT2D eigenvalue weighted by molar-refractivity contribution is 4.83. The maximum atomic E-state index is 8.75. The monoisotopic (exact) mass is 194 g/mol. The Bertz CT molecular complexity index is 177. The van der Waals surface area contributed by atoms with E-state index in [1.807, 2.05) is 0 Å². The maximum absolute atomic E-state index is 8.75.